The number of hydrogen-bond donors (Lipinski definition) is 0. The average Bonchev–Trinajstić information content (AvgIpc) is 2.94. The van der Waals surface area contributed by atoms with E-state index in [0.717, 1.165) is 31.3 Å². The Morgan fingerprint density at radius 2 is 1.65 bits per heavy atom. The number of nitrogens with zero attached hydrogens (tertiary/aromatic N) is 3. The van der Waals surface area contributed by atoms with Crippen molar-refractivity contribution in [2.24, 2.45) is 0 Å². The van der Waals surface area contributed by atoms with Gasteiger partial charge in [0.15, 0.2) is 5.13 Å². The molecule has 0 N–H and O–H groups in total. The van der Waals surface area contributed by atoms with Gasteiger partial charge in [-0.3, -0.25) is 0 Å². The predicted octanol–water partition coefficient (Wildman–Crippen LogP) is 2.47. The molecule has 0 unspecified atom stereocenters. The van der Waals surface area contributed by atoms with Crippen LogP contribution < -0.4 is 9.80 Å². The van der Waals surface area contributed by atoms with Crippen molar-refractivity contribution in [1.29, 1.82) is 0 Å². The van der Waals surface area contributed by atoms with Crippen molar-refractivity contribution in [3.8, 4) is 0 Å². The van der Waals surface area contributed by atoms with E-state index >= 15 is 0 Å². The number of hydrogen-bond acceptors (Lipinski definition) is 4. The van der Waals surface area contributed by atoms with E-state index < -0.39 is 0 Å². The van der Waals surface area contributed by atoms with Crippen molar-refractivity contribution in [1.82, 2.24) is 4.98 Å². The monoisotopic (exact) mass is 245 g/mol. The standard InChI is InChI=1S/C13H15N3S/c1-2-4-12(5-3-1)15-7-9-16(10-8-15)13-14-6-11-17-13/h1-6,11H,7-10H2. The van der Waals surface area contributed by atoms with Crippen LogP contribution >= 0.6 is 11.3 Å². The zero-order valence-electron chi connectivity index (χ0n) is 9.62. The Morgan fingerprint density at radius 3 is 2.29 bits per heavy atom. The predicted molar refractivity (Wildman–Crippen MR) is 73.0 cm³/mol. The van der Waals surface area contributed by atoms with E-state index in [2.05, 4.69) is 45.1 Å². The molecule has 0 radical (unpaired) electrons. The van der Waals surface area contributed by atoms with Crippen LogP contribution in [-0.4, -0.2) is 31.2 Å². The van der Waals surface area contributed by atoms with Crippen LogP contribution in [0.3, 0.4) is 0 Å². The van der Waals surface area contributed by atoms with Crippen molar-refractivity contribution >= 4 is 22.2 Å². The molecule has 4 heteroatoms. The third kappa shape index (κ3) is 2.26. The maximum Gasteiger partial charge on any atom is 0.185 e. The summed E-state index contributed by atoms with van der Waals surface area (Å²) in [5.74, 6) is 0. The first-order chi connectivity index (χ1) is 8.43. The van der Waals surface area contributed by atoms with E-state index in [0.29, 0.717) is 0 Å². The summed E-state index contributed by atoms with van der Waals surface area (Å²) in [6, 6.07) is 10.6. The highest BCUT2D eigenvalue weighted by Crippen LogP contribution is 2.21. The largest absolute Gasteiger partial charge is 0.368 e. The minimum absolute atomic E-state index is 1.06. The molecule has 1 saturated heterocycles. The molecule has 3 rings (SSSR count). The Kier molecular flexibility index (Phi) is 2.96. The average molecular weight is 245 g/mol. The third-order valence-electron chi connectivity index (χ3n) is 3.09. The molecule has 1 aromatic heterocycles. The van der Waals surface area contributed by atoms with Gasteiger partial charge in [-0.15, -0.1) is 11.3 Å². The summed E-state index contributed by atoms with van der Waals surface area (Å²) in [7, 11) is 0. The van der Waals surface area contributed by atoms with E-state index in [1.54, 1.807) is 11.3 Å². The number of thiazole rings is 1. The van der Waals surface area contributed by atoms with Crippen LogP contribution in [0.4, 0.5) is 10.8 Å². The SMILES string of the molecule is c1ccc(N2CCN(c3nccs3)CC2)cc1. The first-order valence-electron chi connectivity index (χ1n) is 5.88. The molecular formula is C13H15N3S. The van der Waals surface area contributed by atoms with Crippen LogP contribution in [0.2, 0.25) is 0 Å². The maximum absolute atomic E-state index is 4.36. The van der Waals surface area contributed by atoms with Crippen LogP contribution in [0.1, 0.15) is 0 Å². The summed E-state index contributed by atoms with van der Waals surface area (Å²) in [4.78, 5) is 9.16. The number of piperazine rings is 1. The summed E-state index contributed by atoms with van der Waals surface area (Å²) in [6.07, 6.45) is 1.88. The minimum Gasteiger partial charge on any atom is -0.368 e. The van der Waals surface area contributed by atoms with Gasteiger partial charge in [0.05, 0.1) is 0 Å². The highest BCUT2D eigenvalue weighted by molar-refractivity contribution is 7.13. The van der Waals surface area contributed by atoms with Gasteiger partial charge in [0, 0.05) is 43.4 Å². The molecule has 17 heavy (non-hydrogen) atoms. The molecule has 1 fully saturated rings. The van der Waals surface area contributed by atoms with E-state index in [9.17, 15) is 0 Å². The second-order valence-corrected chi connectivity index (χ2v) is 5.00. The zero-order valence-corrected chi connectivity index (χ0v) is 10.4. The molecular weight excluding hydrogens is 230 g/mol. The normalized spacial score (nSPS) is 16.2. The van der Waals surface area contributed by atoms with Gasteiger partial charge < -0.3 is 9.80 Å². The Morgan fingerprint density at radius 1 is 0.941 bits per heavy atom. The molecule has 2 aromatic rings. The smallest absolute Gasteiger partial charge is 0.185 e. The summed E-state index contributed by atoms with van der Waals surface area (Å²) in [6.45, 7) is 4.26. The summed E-state index contributed by atoms with van der Waals surface area (Å²) in [5, 5.41) is 3.19. The lowest BCUT2D eigenvalue weighted by Gasteiger charge is -2.35. The number of anilines is 2. The Labute approximate surface area is 105 Å². The molecule has 0 amide bonds. The molecule has 0 atom stereocenters. The molecule has 0 aliphatic carbocycles. The number of aromatic nitrogens is 1. The molecule has 0 bridgehead atoms. The fourth-order valence-electron chi connectivity index (χ4n) is 2.17. The van der Waals surface area contributed by atoms with Crippen molar-refractivity contribution in [3.63, 3.8) is 0 Å². The Hall–Kier alpha value is -1.55. The molecule has 88 valence electrons. The fourth-order valence-corrected chi connectivity index (χ4v) is 2.86. The topological polar surface area (TPSA) is 19.4 Å². The second-order valence-electron chi connectivity index (χ2n) is 4.12. The molecule has 1 aliphatic heterocycles. The molecule has 3 nitrogen and oxygen atoms in total. The lowest BCUT2D eigenvalue weighted by molar-refractivity contribution is 0.652. The highest BCUT2D eigenvalue weighted by atomic mass is 32.1. The van der Waals surface area contributed by atoms with Gasteiger partial charge in [0.25, 0.3) is 0 Å². The van der Waals surface area contributed by atoms with Gasteiger partial charge in [-0.2, -0.15) is 0 Å². The lowest BCUT2D eigenvalue weighted by Crippen LogP contribution is -2.46. The quantitative estimate of drug-likeness (QED) is 0.810. The first-order valence-corrected chi connectivity index (χ1v) is 6.76. The van der Waals surface area contributed by atoms with Gasteiger partial charge in [0.2, 0.25) is 0 Å². The summed E-state index contributed by atoms with van der Waals surface area (Å²) >= 11 is 1.72. The van der Waals surface area contributed by atoms with Gasteiger partial charge in [-0.05, 0) is 12.1 Å². The highest BCUT2D eigenvalue weighted by Gasteiger charge is 2.18. The lowest BCUT2D eigenvalue weighted by atomic mass is 10.2. The number of benzene rings is 1. The summed E-state index contributed by atoms with van der Waals surface area (Å²) < 4.78 is 0. The van der Waals surface area contributed by atoms with Crippen LogP contribution in [0.15, 0.2) is 41.9 Å². The number of para-hydroxylation sites is 1. The van der Waals surface area contributed by atoms with E-state index in [1.807, 2.05) is 11.6 Å². The van der Waals surface area contributed by atoms with Crippen LogP contribution in [-0.2, 0) is 0 Å². The minimum atomic E-state index is 1.06. The van der Waals surface area contributed by atoms with E-state index in [1.165, 1.54) is 5.69 Å². The number of rotatable bonds is 2. The molecule has 1 aliphatic rings. The zero-order chi connectivity index (χ0) is 11.5. The third-order valence-corrected chi connectivity index (χ3v) is 3.92. The van der Waals surface area contributed by atoms with Gasteiger partial charge in [-0.1, -0.05) is 18.2 Å². The molecule has 2 heterocycles. The molecule has 0 spiro atoms. The Balaban J connectivity index is 1.65. The maximum atomic E-state index is 4.36. The molecule has 1 aromatic carbocycles. The van der Waals surface area contributed by atoms with Crippen LogP contribution in [0.25, 0.3) is 0 Å². The van der Waals surface area contributed by atoms with Crippen molar-refractivity contribution < 1.29 is 0 Å². The van der Waals surface area contributed by atoms with Gasteiger partial charge >= 0.3 is 0 Å². The van der Waals surface area contributed by atoms with Crippen LogP contribution in [0.5, 0.6) is 0 Å². The summed E-state index contributed by atoms with van der Waals surface area (Å²) in [5.41, 5.74) is 1.33. The fraction of sp³-hybridized carbons (Fsp3) is 0.308. The first kappa shape index (κ1) is 10.6. The van der Waals surface area contributed by atoms with Crippen molar-refractivity contribution in [3.05, 3.63) is 41.9 Å². The van der Waals surface area contributed by atoms with E-state index in [4.69, 9.17) is 0 Å². The van der Waals surface area contributed by atoms with Crippen molar-refractivity contribution in [2.45, 2.75) is 0 Å². The Bertz CT molecular complexity index is 447. The second kappa shape index (κ2) is 4.75. The van der Waals surface area contributed by atoms with Crippen LogP contribution in [0, 0.1) is 0 Å². The van der Waals surface area contributed by atoms with Gasteiger partial charge in [-0.25, -0.2) is 4.98 Å². The van der Waals surface area contributed by atoms with Gasteiger partial charge in [0.1, 0.15) is 0 Å². The van der Waals surface area contributed by atoms with E-state index in [-0.39, 0.29) is 0 Å². The van der Waals surface area contributed by atoms with Crippen molar-refractivity contribution in [2.75, 3.05) is 36.0 Å². The molecule has 0 saturated carbocycles.